The SMILES string of the molecule is NC(=O)OCc1ncc(-c2cccc(Br)c2)[nH]1. The van der Waals surface area contributed by atoms with Gasteiger partial charge in [0.15, 0.2) is 6.61 Å². The lowest BCUT2D eigenvalue weighted by molar-refractivity contribution is 0.147. The molecule has 2 aromatic rings. The summed E-state index contributed by atoms with van der Waals surface area (Å²) in [5.74, 6) is 0.554. The van der Waals surface area contributed by atoms with Gasteiger partial charge in [-0.25, -0.2) is 9.78 Å². The molecule has 0 aliphatic rings. The maximum atomic E-state index is 10.4. The number of aromatic nitrogens is 2. The summed E-state index contributed by atoms with van der Waals surface area (Å²) >= 11 is 3.40. The first-order valence-corrected chi connectivity index (χ1v) is 5.66. The van der Waals surface area contributed by atoms with Gasteiger partial charge in [-0.15, -0.1) is 0 Å². The number of hydrogen-bond donors (Lipinski definition) is 2. The number of H-pyrrole nitrogens is 1. The fraction of sp³-hybridized carbons (Fsp3) is 0.0909. The maximum absolute atomic E-state index is 10.4. The molecule has 0 bridgehead atoms. The van der Waals surface area contributed by atoms with E-state index >= 15 is 0 Å². The molecule has 5 nitrogen and oxygen atoms in total. The van der Waals surface area contributed by atoms with Crippen LogP contribution < -0.4 is 5.73 Å². The number of ether oxygens (including phenoxy) is 1. The number of primary amides is 1. The Morgan fingerprint density at radius 3 is 3.06 bits per heavy atom. The van der Waals surface area contributed by atoms with Crippen molar-refractivity contribution in [2.24, 2.45) is 5.73 Å². The molecule has 1 aromatic heterocycles. The van der Waals surface area contributed by atoms with E-state index in [1.807, 2.05) is 24.3 Å². The van der Waals surface area contributed by atoms with Crippen LogP contribution in [-0.2, 0) is 11.3 Å². The van der Waals surface area contributed by atoms with Crippen LogP contribution in [0.5, 0.6) is 0 Å². The number of hydrogen-bond acceptors (Lipinski definition) is 3. The molecule has 88 valence electrons. The number of imidazole rings is 1. The largest absolute Gasteiger partial charge is 0.442 e. The van der Waals surface area contributed by atoms with Crippen molar-refractivity contribution in [3.63, 3.8) is 0 Å². The number of nitrogens with two attached hydrogens (primary N) is 1. The molecule has 0 unspecified atom stereocenters. The van der Waals surface area contributed by atoms with E-state index in [0.29, 0.717) is 5.82 Å². The number of nitrogens with zero attached hydrogens (tertiary/aromatic N) is 1. The van der Waals surface area contributed by atoms with Crippen molar-refractivity contribution in [3.8, 4) is 11.3 Å². The van der Waals surface area contributed by atoms with Crippen molar-refractivity contribution in [2.45, 2.75) is 6.61 Å². The lowest BCUT2D eigenvalue weighted by Crippen LogP contribution is -2.13. The molecular formula is C11H10BrN3O2. The number of amides is 1. The molecule has 0 saturated heterocycles. The predicted octanol–water partition coefficient (Wildman–Crippen LogP) is 2.43. The average molecular weight is 296 g/mol. The first-order valence-electron chi connectivity index (χ1n) is 4.87. The van der Waals surface area contributed by atoms with Crippen LogP contribution in [0.4, 0.5) is 4.79 Å². The second-order valence-corrected chi connectivity index (χ2v) is 4.28. The third kappa shape index (κ3) is 3.07. The first kappa shape index (κ1) is 11.7. The molecule has 0 radical (unpaired) electrons. The fourth-order valence-electron chi connectivity index (χ4n) is 1.38. The van der Waals surface area contributed by atoms with E-state index in [2.05, 4.69) is 30.6 Å². The monoisotopic (exact) mass is 295 g/mol. The van der Waals surface area contributed by atoms with Crippen LogP contribution in [0, 0.1) is 0 Å². The van der Waals surface area contributed by atoms with Gasteiger partial charge in [-0.3, -0.25) is 0 Å². The molecule has 6 heteroatoms. The Balaban J connectivity index is 2.15. The van der Waals surface area contributed by atoms with E-state index in [4.69, 9.17) is 5.73 Å². The highest BCUT2D eigenvalue weighted by Crippen LogP contribution is 2.21. The van der Waals surface area contributed by atoms with E-state index in [9.17, 15) is 4.79 Å². The van der Waals surface area contributed by atoms with E-state index < -0.39 is 6.09 Å². The summed E-state index contributed by atoms with van der Waals surface area (Å²) in [6, 6.07) is 7.79. The Morgan fingerprint density at radius 2 is 2.35 bits per heavy atom. The van der Waals surface area contributed by atoms with Crippen LogP contribution >= 0.6 is 15.9 Å². The van der Waals surface area contributed by atoms with Gasteiger partial charge in [0.25, 0.3) is 0 Å². The molecule has 17 heavy (non-hydrogen) atoms. The Hall–Kier alpha value is -1.82. The Kier molecular flexibility index (Phi) is 3.43. The van der Waals surface area contributed by atoms with E-state index in [0.717, 1.165) is 15.7 Å². The second-order valence-electron chi connectivity index (χ2n) is 3.36. The molecule has 1 amide bonds. The van der Waals surface area contributed by atoms with Crippen molar-refractivity contribution in [2.75, 3.05) is 0 Å². The molecular weight excluding hydrogens is 286 g/mol. The normalized spacial score (nSPS) is 10.2. The molecule has 0 aliphatic heterocycles. The topological polar surface area (TPSA) is 81.0 Å². The van der Waals surface area contributed by atoms with Crippen LogP contribution in [0.1, 0.15) is 5.82 Å². The van der Waals surface area contributed by atoms with Gasteiger partial charge in [0.2, 0.25) is 0 Å². The highest BCUT2D eigenvalue weighted by molar-refractivity contribution is 9.10. The minimum absolute atomic E-state index is 0.0450. The van der Waals surface area contributed by atoms with Crippen molar-refractivity contribution < 1.29 is 9.53 Å². The summed E-state index contributed by atoms with van der Waals surface area (Å²) in [6.45, 7) is 0.0450. The van der Waals surface area contributed by atoms with Crippen LogP contribution in [0.2, 0.25) is 0 Å². The van der Waals surface area contributed by atoms with Gasteiger partial charge in [-0.05, 0) is 12.1 Å². The Labute approximate surface area is 106 Å². The molecule has 0 spiro atoms. The lowest BCUT2D eigenvalue weighted by Gasteiger charge is -1.99. The van der Waals surface area contributed by atoms with Gasteiger partial charge < -0.3 is 15.5 Å². The Bertz CT molecular complexity index is 539. The van der Waals surface area contributed by atoms with Gasteiger partial charge in [0, 0.05) is 10.0 Å². The van der Waals surface area contributed by atoms with Crippen molar-refractivity contribution in [1.29, 1.82) is 0 Å². The molecule has 2 rings (SSSR count). The number of aromatic amines is 1. The molecule has 0 saturated carbocycles. The molecule has 0 fully saturated rings. The van der Waals surface area contributed by atoms with Gasteiger partial charge in [0.1, 0.15) is 5.82 Å². The van der Waals surface area contributed by atoms with E-state index in [1.54, 1.807) is 6.20 Å². The second kappa shape index (κ2) is 5.01. The summed E-state index contributed by atoms with van der Waals surface area (Å²) in [5.41, 5.74) is 6.72. The number of halogens is 1. The summed E-state index contributed by atoms with van der Waals surface area (Å²) < 4.78 is 5.62. The minimum Gasteiger partial charge on any atom is -0.442 e. The van der Waals surface area contributed by atoms with E-state index in [-0.39, 0.29) is 6.61 Å². The Morgan fingerprint density at radius 1 is 1.53 bits per heavy atom. The lowest BCUT2D eigenvalue weighted by atomic mass is 10.2. The quantitative estimate of drug-likeness (QED) is 0.912. The van der Waals surface area contributed by atoms with Gasteiger partial charge in [0.05, 0.1) is 11.9 Å². The molecule has 0 atom stereocenters. The van der Waals surface area contributed by atoms with Crippen LogP contribution in [0.15, 0.2) is 34.9 Å². The number of carbonyl (C=O) groups excluding carboxylic acids is 1. The first-order chi connectivity index (χ1) is 8.15. The number of nitrogens with one attached hydrogen (secondary N) is 1. The summed E-state index contributed by atoms with van der Waals surface area (Å²) in [6.07, 6.45) is 0.868. The van der Waals surface area contributed by atoms with Gasteiger partial charge >= 0.3 is 6.09 Å². The minimum atomic E-state index is -0.814. The third-order valence-corrected chi connectivity index (χ3v) is 2.61. The standard InChI is InChI=1S/C11H10BrN3O2/c12-8-3-1-2-7(4-8)9-5-14-10(15-9)6-17-11(13)16/h1-5H,6H2,(H2,13,16)(H,14,15). The predicted molar refractivity (Wildman–Crippen MR) is 66.1 cm³/mol. The average Bonchev–Trinajstić information content (AvgIpc) is 2.75. The van der Waals surface area contributed by atoms with Crippen LogP contribution in [-0.4, -0.2) is 16.1 Å². The third-order valence-electron chi connectivity index (χ3n) is 2.12. The van der Waals surface area contributed by atoms with Crippen molar-refractivity contribution in [1.82, 2.24) is 9.97 Å². The zero-order valence-electron chi connectivity index (χ0n) is 8.81. The maximum Gasteiger partial charge on any atom is 0.404 e. The highest BCUT2D eigenvalue weighted by Gasteiger charge is 2.05. The van der Waals surface area contributed by atoms with Crippen molar-refractivity contribution >= 4 is 22.0 Å². The molecule has 1 heterocycles. The van der Waals surface area contributed by atoms with E-state index in [1.165, 1.54) is 0 Å². The summed E-state index contributed by atoms with van der Waals surface area (Å²) in [7, 11) is 0. The number of carbonyl (C=O) groups is 1. The molecule has 0 aliphatic carbocycles. The summed E-state index contributed by atoms with van der Waals surface area (Å²) in [4.78, 5) is 17.6. The number of benzene rings is 1. The molecule has 3 N–H and O–H groups in total. The van der Waals surface area contributed by atoms with Crippen LogP contribution in [0.25, 0.3) is 11.3 Å². The summed E-state index contributed by atoms with van der Waals surface area (Å²) in [5, 5.41) is 0. The van der Waals surface area contributed by atoms with Gasteiger partial charge in [-0.1, -0.05) is 28.1 Å². The fourth-order valence-corrected chi connectivity index (χ4v) is 1.78. The zero-order chi connectivity index (χ0) is 12.3. The smallest absolute Gasteiger partial charge is 0.404 e. The van der Waals surface area contributed by atoms with Gasteiger partial charge in [-0.2, -0.15) is 0 Å². The zero-order valence-corrected chi connectivity index (χ0v) is 10.4. The highest BCUT2D eigenvalue weighted by atomic mass is 79.9. The van der Waals surface area contributed by atoms with Crippen molar-refractivity contribution in [3.05, 3.63) is 40.8 Å². The number of rotatable bonds is 3. The molecule has 1 aromatic carbocycles. The van der Waals surface area contributed by atoms with Crippen LogP contribution in [0.3, 0.4) is 0 Å².